The van der Waals surface area contributed by atoms with Gasteiger partial charge in [0, 0.05) is 37.9 Å². The molecule has 6 nitrogen and oxygen atoms in total. The summed E-state index contributed by atoms with van der Waals surface area (Å²) < 4.78 is 28.6. The molecule has 1 N–H and O–H groups in total. The normalized spacial score (nSPS) is 15.1. The number of rotatable bonds is 7. The predicted molar refractivity (Wildman–Crippen MR) is 109 cm³/mol. The van der Waals surface area contributed by atoms with E-state index >= 15 is 0 Å². The van der Waals surface area contributed by atoms with Crippen LogP contribution in [0.4, 0.5) is 0 Å². The maximum absolute atomic E-state index is 12.6. The summed E-state index contributed by atoms with van der Waals surface area (Å²) in [6.45, 7) is 2.62. The van der Waals surface area contributed by atoms with Crippen molar-refractivity contribution in [1.29, 1.82) is 0 Å². The Bertz CT molecular complexity index is 1010. The van der Waals surface area contributed by atoms with Gasteiger partial charge in [-0.25, -0.2) is 13.1 Å². The highest BCUT2D eigenvalue weighted by Crippen LogP contribution is 2.21. The van der Waals surface area contributed by atoms with Gasteiger partial charge in [-0.05, 0) is 42.7 Å². The average Bonchev–Trinajstić information content (AvgIpc) is 3.42. The van der Waals surface area contributed by atoms with E-state index in [0.29, 0.717) is 31.1 Å². The van der Waals surface area contributed by atoms with E-state index in [2.05, 4.69) is 10.4 Å². The molecule has 7 heteroatoms. The number of sulfonamides is 1. The van der Waals surface area contributed by atoms with Crippen LogP contribution in [0.25, 0.3) is 5.69 Å². The summed E-state index contributed by atoms with van der Waals surface area (Å²) in [7, 11) is -3.34. The zero-order valence-corrected chi connectivity index (χ0v) is 16.5. The van der Waals surface area contributed by atoms with Crippen LogP contribution in [-0.4, -0.2) is 35.6 Å². The van der Waals surface area contributed by atoms with Crippen LogP contribution in [-0.2, 0) is 23.1 Å². The second-order valence-electron chi connectivity index (χ2n) is 6.99. The second-order valence-corrected chi connectivity index (χ2v) is 8.93. The van der Waals surface area contributed by atoms with Gasteiger partial charge in [0.15, 0.2) is 0 Å². The number of nitrogens with one attached hydrogen (secondary N) is 1. The molecule has 1 aliphatic heterocycles. The lowest BCUT2D eigenvalue weighted by Gasteiger charge is -2.15. The van der Waals surface area contributed by atoms with E-state index in [1.54, 1.807) is 16.4 Å². The minimum atomic E-state index is -3.34. The molecule has 0 saturated carbocycles. The molecule has 0 bridgehead atoms. The standard InChI is InChI=1S/C21H24N4O2S/c26-28(27,24-12-4-5-13-24)21-10-8-18(9-11-21)14-22-15-19-16-23-25(17-19)20-6-2-1-3-7-20/h1-3,6-11,16-17,22H,4-5,12-15H2. The summed E-state index contributed by atoms with van der Waals surface area (Å²) in [5.74, 6) is 0. The molecule has 0 radical (unpaired) electrons. The summed E-state index contributed by atoms with van der Waals surface area (Å²) in [5.41, 5.74) is 3.18. The number of hydrogen-bond acceptors (Lipinski definition) is 4. The SMILES string of the molecule is O=S(=O)(c1ccc(CNCc2cnn(-c3ccccc3)c2)cc1)N1CCCC1. The maximum Gasteiger partial charge on any atom is 0.243 e. The monoisotopic (exact) mass is 396 g/mol. The Morgan fingerprint density at radius 3 is 2.29 bits per heavy atom. The molecule has 0 unspecified atom stereocenters. The van der Waals surface area contributed by atoms with Crippen LogP contribution in [0.3, 0.4) is 0 Å². The molecule has 2 aromatic carbocycles. The fraction of sp³-hybridized carbons (Fsp3) is 0.286. The zero-order valence-electron chi connectivity index (χ0n) is 15.7. The molecule has 0 spiro atoms. The first-order valence-electron chi connectivity index (χ1n) is 9.52. The van der Waals surface area contributed by atoms with Gasteiger partial charge in [0.1, 0.15) is 0 Å². The number of hydrogen-bond donors (Lipinski definition) is 1. The van der Waals surface area contributed by atoms with Gasteiger partial charge in [0.25, 0.3) is 0 Å². The Balaban J connectivity index is 1.33. The van der Waals surface area contributed by atoms with E-state index in [4.69, 9.17) is 0 Å². The Morgan fingerprint density at radius 2 is 1.57 bits per heavy atom. The Morgan fingerprint density at radius 1 is 0.893 bits per heavy atom. The van der Waals surface area contributed by atoms with Crippen molar-refractivity contribution in [3.8, 4) is 5.69 Å². The van der Waals surface area contributed by atoms with Gasteiger partial charge < -0.3 is 5.32 Å². The third kappa shape index (κ3) is 4.16. The minimum absolute atomic E-state index is 0.377. The van der Waals surface area contributed by atoms with E-state index in [9.17, 15) is 8.42 Å². The van der Waals surface area contributed by atoms with Crippen molar-refractivity contribution >= 4 is 10.0 Å². The highest BCUT2D eigenvalue weighted by Gasteiger charge is 2.26. The topological polar surface area (TPSA) is 67.2 Å². The largest absolute Gasteiger partial charge is 0.309 e. The first kappa shape index (κ1) is 18.9. The van der Waals surface area contributed by atoms with Crippen molar-refractivity contribution in [2.45, 2.75) is 30.8 Å². The second kappa shape index (κ2) is 8.26. The van der Waals surface area contributed by atoms with E-state index in [-0.39, 0.29) is 0 Å². The van der Waals surface area contributed by atoms with Crippen LogP contribution in [0.5, 0.6) is 0 Å². The highest BCUT2D eigenvalue weighted by molar-refractivity contribution is 7.89. The fourth-order valence-corrected chi connectivity index (χ4v) is 4.90. The third-order valence-electron chi connectivity index (χ3n) is 4.94. The quantitative estimate of drug-likeness (QED) is 0.667. The molecule has 1 aliphatic rings. The van der Waals surface area contributed by atoms with Gasteiger partial charge >= 0.3 is 0 Å². The molecule has 146 valence electrons. The summed E-state index contributed by atoms with van der Waals surface area (Å²) in [6, 6.07) is 17.2. The van der Waals surface area contributed by atoms with Gasteiger partial charge in [0.2, 0.25) is 10.0 Å². The van der Waals surface area contributed by atoms with Crippen LogP contribution >= 0.6 is 0 Å². The molecule has 28 heavy (non-hydrogen) atoms. The number of aromatic nitrogens is 2. The summed E-state index contributed by atoms with van der Waals surface area (Å²) in [6.07, 6.45) is 5.75. The molecule has 3 aromatic rings. The van der Waals surface area contributed by atoms with Gasteiger partial charge in [-0.1, -0.05) is 30.3 Å². The lowest BCUT2D eigenvalue weighted by molar-refractivity contribution is 0.477. The van der Waals surface area contributed by atoms with Gasteiger partial charge in [-0.2, -0.15) is 9.40 Å². The van der Waals surface area contributed by atoms with Crippen LogP contribution in [0.2, 0.25) is 0 Å². The molecule has 0 amide bonds. The Kier molecular flexibility index (Phi) is 5.57. The Labute approximate surface area is 165 Å². The van der Waals surface area contributed by atoms with Crippen molar-refractivity contribution in [3.05, 3.63) is 78.1 Å². The average molecular weight is 397 g/mol. The minimum Gasteiger partial charge on any atom is -0.309 e. The van der Waals surface area contributed by atoms with E-state index in [1.807, 2.05) is 59.5 Å². The molecule has 1 aromatic heterocycles. The fourth-order valence-electron chi connectivity index (χ4n) is 3.38. The first-order valence-corrected chi connectivity index (χ1v) is 11.0. The van der Waals surface area contributed by atoms with Gasteiger partial charge in [0.05, 0.1) is 16.8 Å². The van der Waals surface area contributed by atoms with Crippen LogP contribution in [0, 0.1) is 0 Å². The predicted octanol–water partition coefficient (Wildman–Crippen LogP) is 2.95. The molecule has 0 atom stereocenters. The van der Waals surface area contributed by atoms with Crippen molar-refractivity contribution in [3.63, 3.8) is 0 Å². The van der Waals surface area contributed by atoms with Crippen LogP contribution in [0.15, 0.2) is 71.9 Å². The number of nitrogens with zero attached hydrogens (tertiary/aromatic N) is 3. The van der Waals surface area contributed by atoms with E-state index < -0.39 is 10.0 Å². The molecule has 1 fully saturated rings. The molecule has 2 heterocycles. The Hall–Kier alpha value is -2.48. The first-order chi connectivity index (χ1) is 13.6. The van der Waals surface area contributed by atoms with E-state index in [1.165, 1.54) is 0 Å². The van der Waals surface area contributed by atoms with Crippen molar-refractivity contribution < 1.29 is 8.42 Å². The summed E-state index contributed by atoms with van der Waals surface area (Å²) >= 11 is 0. The van der Waals surface area contributed by atoms with Crippen molar-refractivity contribution in [2.75, 3.05) is 13.1 Å². The number of benzene rings is 2. The summed E-state index contributed by atoms with van der Waals surface area (Å²) in [4.78, 5) is 0.377. The highest BCUT2D eigenvalue weighted by atomic mass is 32.2. The smallest absolute Gasteiger partial charge is 0.243 e. The molecular weight excluding hydrogens is 372 g/mol. The molecule has 1 saturated heterocycles. The van der Waals surface area contributed by atoms with Crippen LogP contribution < -0.4 is 5.32 Å². The lowest BCUT2D eigenvalue weighted by Crippen LogP contribution is -2.27. The molecular formula is C21H24N4O2S. The van der Waals surface area contributed by atoms with Gasteiger partial charge in [-0.15, -0.1) is 0 Å². The van der Waals surface area contributed by atoms with Crippen molar-refractivity contribution in [1.82, 2.24) is 19.4 Å². The lowest BCUT2D eigenvalue weighted by atomic mass is 10.2. The van der Waals surface area contributed by atoms with E-state index in [0.717, 1.165) is 29.7 Å². The number of para-hydroxylation sites is 1. The summed E-state index contributed by atoms with van der Waals surface area (Å²) in [5, 5.41) is 7.78. The van der Waals surface area contributed by atoms with Crippen LogP contribution in [0.1, 0.15) is 24.0 Å². The molecule has 0 aliphatic carbocycles. The zero-order chi connectivity index (χ0) is 19.4. The van der Waals surface area contributed by atoms with Gasteiger partial charge in [-0.3, -0.25) is 0 Å². The third-order valence-corrected chi connectivity index (χ3v) is 6.85. The maximum atomic E-state index is 12.6. The van der Waals surface area contributed by atoms with Crippen molar-refractivity contribution in [2.24, 2.45) is 0 Å². The molecule has 4 rings (SSSR count).